The average Bonchev–Trinajstić information content (AvgIpc) is 3.23. The lowest BCUT2D eigenvalue weighted by Gasteiger charge is -2.31. The van der Waals surface area contributed by atoms with Crippen LogP contribution in [0.3, 0.4) is 0 Å². The van der Waals surface area contributed by atoms with Crippen molar-refractivity contribution < 1.29 is 41.3 Å². The van der Waals surface area contributed by atoms with E-state index < -0.39 is 39.1 Å². The van der Waals surface area contributed by atoms with Crippen LogP contribution < -0.4 is 10.1 Å². The largest absolute Gasteiger partial charge is 0.573 e. The van der Waals surface area contributed by atoms with Gasteiger partial charge in [-0.05, 0) is 80.7 Å². The Morgan fingerprint density at radius 3 is 2.35 bits per heavy atom. The highest BCUT2D eigenvalue weighted by Crippen LogP contribution is 2.32. The van der Waals surface area contributed by atoms with Gasteiger partial charge in [0, 0.05) is 38.2 Å². The molecule has 8 nitrogen and oxygen atoms in total. The lowest BCUT2D eigenvalue weighted by molar-refractivity contribution is -0.274. The summed E-state index contributed by atoms with van der Waals surface area (Å²) in [5.74, 6) is -1.34. The van der Waals surface area contributed by atoms with Gasteiger partial charge in [0.25, 0.3) is 0 Å². The van der Waals surface area contributed by atoms with Crippen molar-refractivity contribution >= 4 is 16.0 Å². The molecule has 3 N–H and O–H groups in total. The number of alkyl halides is 3. The van der Waals surface area contributed by atoms with E-state index in [-0.39, 0.29) is 43.5 Å². The Bertz CT molecular complexity index is 1260. The number of fused-ring (bicyclic) bond motifs is 1. The van der Waals surface area contributed by atoms with E-state index in [1.807, 2.05) is 26.0 Å². The number of hydrogen-bond acceptors (Lipinski definition) is 6. The van der Waals surface area contributed by atoms with Crippen molar-refractivity contribution in [3.8, 4) is 5.75 Å². The Hall–Kier alpha value is -2.67. The normalized spacial score (nSPS) is 15.3. The molecule has 2 aromatic rings. The van der Waals surface area contributed by atoms with E-state index in [1.54, 1.807) is 0 Å². The van der Waals surface area contributed by atoms with Crippen LogP contribution in [0.5, 0.6) is 5.75 Å². The highest BCUT2D eigenvalue weighted by Gasteiger charge is 2.33. The quantitative estimate of drug-likeness (QED) is 0.305. The molecule has 0 aromatic heterocycles. The number of carboxylic acid groups (broad SMARTS) is 1. The van der Waals surface area contributed by atoms with Crippen LogP contribution in [-0.4, -0.2) is 67.0 Å². The van der Waals surface area contributed by atoms with Crippen molar-refractivity contribution in [1.82, 2.24) is 9.62 Å². The molecule has 0 unspecified atom stereocenters. The third-order valence-corrected chi connectivity index (χ3v) is 8.76. The van der Waals surface area contributed by atoms with Gasteiger partial charge in [0.15, 0.2) is 0 Å². The van der Waals surface area contributed by atoms with Crippen molar-refractivity contribution in [1.29, 1.82) is 0 Å². The fraction of sp³-hybridized carbons (Fsp3) is 0.536. The molecule has 1 atom stereocenters. The number of ether oxygens (including phenoxy) is 1. The molecule has 0 spiro atoms. The SMILES string of the molecule is CN(C[C@H](O)CNC(C)(C)CC1Cc2ccccc2C1)S(=O)(=O)c1cc(CCCC(=O)O)cc(OC(F)(F)F)c1. The number of aliphatic hydroxyl groups excluding tert-OH is 1. The summed E-state index contributed by atoms with van der Waals surface area (Å²) < 4.78 is 69.9. The van der Waals surface area contributed by atoms with E-state index in [0.29, 0.717) is 5.92 Å². The molecule has 1 aliphatic rings. The zero-order chi connectivity index (χ0) is 29.7. The molecule has 0 saturated heterocycles. The molecule has 40 heavy (non-hydrogen) atoms. The molecule has 1 aliphatic carbocycles. The van der Waals surface area contributed by atoms with Crippen molar-refractivity contribution in [2.24, 2.45) is 5.92 Å². The summed E-state index contributed by atoms with van der Waals surface area (Å²) in [4.78, 5) is 10.4. The lowest BCUT2D eigenvalue weighted by atomic mass is 9.88. The van der Waals surface area contributed by atoms with Gasteiger partial charge in [0.05, 0.1) is 11.0 Å². The minimum Gasteiger partial charge on any atom is -0.481 e. The molecule has 0 aliphatic heterocycles. The zero-order valence-electron chi connectivity index (χ0n) is 22.9. The number of aliphatic carboxylic acids is 1. The first kappa shape index (κ1) is 31.9. The highest BCUT2D eigenvalue weighted by atomic mass is 32.2. The van der Waals surface area contributed by atoms with E-state index in [2.05, 4.69) is 22.2 Å². The Labute approximate surface area is 233 Å². The number of nitrogens with zero attached hydrogens (tertiary/aromatic N) is 1. The summed E-state index contributed by atoms with van der Waals surface area (Å²) in [5, 5.41) is 22.8. The van der Waals surface area contributed by atoms with Crippen LogP contribution in [0.15, 0.2) is 47.4 Å². The monoisotopic (exact) mass is 586 g/mol. The molecule has 0 amide bonds. The number of aliphatic hydroxyl groups is 1. The van der Waals surface area contributed by atoms with Gasteiger partial charge in [-0.2, -0.15) is 4.31 Å². The van der Waals surface area contributed by atoms with Gasteiger partial charge in [-0.15, -0.1) is 13.2 Å². The number of nitrogens with one attached hydrogen (secondary N) is 1. The summed E-state index contributed by atoms with van der Waals surface area (Å²) in [6.07, 6.45) is -3.36. The number of benzene rings is 2. The van der Waals surface area contributed by atoms with Crippen LogP contribution in [0.2, 0.25) is 0 Å². The predicted octanol–water partition coefficient (Wildman–Crippen LogP) is 4.15. The summed E-state index contributed by atoms with van der Waals surface area (Å²) in [6.45, 7) is 3.88. The van der Waals surface area contributed by atoms with Crippen LogP contribution in [0.1, 0.15) is 49.8 Å². The van der Waals surface area contributed by atoms with Gasteiger partial charge in [-0.1, -0.05) is 24.3 Å². The molecule has 0 bridgehead atoms. The topological polar surface area (TPSA) is 116 Å². The van der Waals surface area contributed by atoms with E-state index in [4.69, 9.17) is 5.11 Å². The molecule has 3 rings (SSSR count). The fourth-order valence-corrected chi connectivity index (χ4v) is 6.48. The molecule has 0 radical (unpaired) electrons. The Morgan fingerprint density at radius 2 is 1.77 bits per heavy atom. The van der Waals surface area contributed by atoms with E-state index in [0.717, 1.165) is 35.7 Å². The van der Waals surface area contributed by atoms with Crippen molar-refractivity contribution in [2.75, 3.05) is 20.1 Å². The van der Waals surface area contributed by atoms with Crippen molar-refractivity contribution in [3.05, 3.63) is 59.2 Å². The summed E-state index contributed by atoms with van der Waals surface area (Å²) in [6, 6.07) is 11.4. The number of aryl methyl sites for hydroxylation is 1. The standard InChI is InChI=1S/C28H37F3N2O6S/c1-27(2,16-20-11-21-8-4-5-9-22(21)12-20)32-17-23(34)18-33(3)40(37,38)25-14-19(7-6-10-26(35)36)13-24(15-25)39-28(29,30)31/h4-5,8-9,13-15,20,23,32,34H,6-7,10-12,16-18H2,1-3H3,(H,35,36)/t23-/m1/s1. The van der Waals surface area contributed by atoms with Crippen LogP contribution in [0.25, 0.3) is 0 Å². The molecule has 0 fully saturated rings. The number of halogens is 3. The minimum atomic E-state index is -5.04. The van der Waals surface area contributed by atoms with E-state index in [9.17, 15) is 31.5 Å². The number of sulfonamides is 1. The van der Waals surface area contributed by atoms with Gasteiger partial charge >= 0.3 is 12.3 Å². The van der Waals surface area contributed by atoms with Gasteiger partial charge in [-0.3, -0.25) is 4.79 Å². The summed E-state index contributed by atoms with van der Waals surface area (Å²) in [7, 11) is -3.06. The Balaban J connectivity index is 1.62. The second-order valence-corrected chi connectivity index (χ2v) is 13.1. The number of carboxylic acids is 1. The molecular formula is C28H37F3N2O6S. The molecule has 222 valence electrons. The molecular weight excluding hydrogens is 549 g/mol. The van der Waals surface area contributed by atoms with Crippen LogP contribution in [0, 0.1) is 5.92 Å². The molecule has 2 aromatic carbocycles. The van der Waals surface area contributed by atoms with Crippen molar-refractivity contribution in [2.45, 2.75) is 75.3 Å². The number of carbonyl (C=O) groups is 1. The third-order valence-electron chi connectivity index (χ3n) is 6.96. The van der Waals surface area contributed by atoms with Gasteiger partial charge in [0.2, 0.25) is 10.0 Å². The lowest BCUT2D eigenvalue weighted by Crippen LogP contribution is -2.47. The van der Waals surface area contributed by atoms with Crippen LogP contribution in [-0.2, 0) is 34.1 Å². The second kappa shape index (κ2) is 12.9. The first-order valence-electron chi connectivity index (χ1n) is 13.1. The predicted molar refractivity (Wildman–Crippen MR) is 144 cm³/mol. The second-order valence-electron chi connectivity index (χ2n) is 11.1. The number of likely N-dealkylation sites (N-methyl/N-ethyl adjacent to an activating group) is 1. The van der Waals surface area contributed by atoms with Crippen molar-refractivity contribution in [3.63, 3.8) is 0 Å². The summed E-state index contributed by atoms with van der Waals surface area (Å²) in [5.41, 5.74) is 2.57. The average molecular weight is 587 g/mol. The molecule has 0 heterocycles. The van der Waals surface area contributed by atoms with Gasteiger partial charge in [-0.25, -0.2) is 8.42 Å². The smallest absolute Gasteiger partial charge is 0.481 e. The number of hydrogen-bond donors (Lipinski definition) is 3. The number of rotatable bonds is 14. The number of β-amino-alcohol motifs (C(OH)–C–C–N with tert-alkyl or cyclic N) is 1. The van der Waals surface area contributed by atoms with Gasteiger partial charge < -0.3 is 20.3 Å². The van der Waals surface area contributed by atoms with E-state index >= 15 is 0 Å². The first-order chi connectivity index (χ1) is 18.5. The van der Waals surface area contributed by atoms with Crippen LogP contribution >= 0.6 is 0 Å². The Kier molecular flexibility index (Phi) is 10.3. The Morgan fingerprint density at radius 1 is 1.15 bits per heavy atom. The van der Waals surface area contributed by atoms with E-state index in [1.165, 1.54) is 24.2 Å². The third kappa shape index (κ3) is 9.46. The zero-order valence-corrected chi connectivity index (χ0v) is 23.7. The maximum atomic E-state index is 13.2. The summed E-state index contributed by atoms with van der Waals surface area (Å²) >= 11 is 0. The first-order valence-corrected chi connectivity index (χ1v) is 14.6. The van der Waals surface area contributed by atoms with Crippen LogP contribution in [0.4, 0.5) is 13.2 Å². The maximum absolute atomic E-state index is 13.2. The molecule has 0 saturated carbocycles. The fourth-order valence-electron chi connectivity index (χ4n) is 5.18. The highest BCUT2D eigenvalue weighted by molar-refractivity contribution is 7.89. The molecule has 12 heteroatoms. The minimum absolute atomic E-state index is 0.0430. The van der Waals surface area contributed by atoms with Gasteiger partial charge in [0.1, 0.15) is 5.75 Å². The maximum Gasteiger partial charge on any atom is 0.573 e.